The molecule has 0 aliphatic rings. The van der Waals surface area contributed by atoms with Crippen molar-refractivity contribution in [2.45, 2.75) is 19.8 Å². The molecule has 0 N–H and O–H groups in total. The number of aromatic nitrogens is 2. The summed E-state index contributed by atoms with van der Waals surface area (Å²) in [5.74, 6) is 1.93. The number of hydrogen-bond acceptors (Lipinski definition) is 4. The van der Waals surface area contributed by atoms with Crippen LogP contribution in [0.1, 0.15) is 19.2 Å². The first-order chi connectivity index (χ1) is 7.85. The minimum absolute atomic E-state index is 0.515. The van der Waals surface area contributed by atoms with E-state index in [4.69, 9.17) is 9.15 Å². The Labute approximate surface area is 94.3 Å². The van der Waals surface area contributed by atoms with Crippen LogP contribution in [-0.4, -0.2) is 17.3 Å². The van der Waals surface area contributed by atoms with E-state index in [0.29, 0.717) is 11.8 Å². The molecule has 0 unspecified atom stereocenters. The molecule has 4 nitrogen and oxygen atoms in total. The van der Waals surface area contributed by atoms with E-state index >= 15 is 0 Å². The SMILES string of the molecule is CCCc1nnc(-c2ccccc2OC)o1. The Bertz CT molecular complexity index is 466. The molecule has 84 valence electrons. The van der Waals surface area contributed by atoms with E-state index in [1.807, 2.05) is 24.3 Å². The highest BCUT2D eigenvalue weighted by Crippen LogP contribution is 2.28. The zero-order valence-electron chi connectivity index (χ0n) is 9.43. The van der Waals surface area contributed by atoms with Gasteiger partial charge in [-0.1, -0.05) is 19.1 Å². The first-order valence-electron chi connectivity index (χ1n) is 5.31. The number of hydrogen-bond donors (Lipinski definition) is 0. The van der Waals surface area contributed by atoms with Crippen molar-refractivity contribution in [3.05, 3.63) is 30.2 Å². The number of para-hydroxylation sites is 1. The predicted octanol–water partition coefficient (Wildman–Crippen LogP) is 2.70. The third kappa shape index (κ3) is 2.05. The molecule has 1 heterocycles. The Morgan fingerprint density at radius 2 is 2.06 bits per heavy atom. The summed E-state index contributed by atoms with van der Waals surface area (Å²) in [7, 11) is 1.63. The van der Waals surface area contributed by atoms with E-state index in [-0.39, 0.29) is 0 Å². The van der Waals surface area contributed by atoms with Gasteiger partial charge in [0.25, 0.3) is 5.89 Å². The Morgan fingerprint density at radius 1 is 1.25 bits per heavy atom. The van der Waals surface area contributed by atoms with Crippen molar-refractivity contribution < 1.29 is 9.15 Å². The second-order valence-electron chi connectivity index (χ2n) is 3.45. The van der Waals surface area contributed by atoms with Gasteiger partial charge in [0.15, 0.2) is 0 Å². The lowest BCUT2D eigenvalue weighted by Crippen LogP contribution is -1.87. The lowest BCUT2D eigenvalue weighted by Gasteiger charge is -2.03. The molecule has 0 saturated carbocycles. The molecule has 0 amide bonds. The molecule has 1 aromatic carbocycles. The van der Waals surface area contributed by atoms with Gasteiger partial charge in [0.1, 0.15) is 5.75 Å². The standard InChI is InChI=1S/C12H14N2O2/c1-3-6-11-13-14-12(16-11)9-7-4-5-8-10(9)15-2/h4-5,7-8H,3,6H2,1-2H3. The van der Waals surface area contributed by atoms with Gasteiger partial charge in [-0.2, -0.15) is 0 Å². The third-order valence-electron chi connectivity index (χ3n) is 2.27. The zero-order valence-corrected chi connectivity index (χ0v) is 9.43. The Balaban J connectivity index is 2.34. The number of rotatable bonds is 4. The van der Waals surface area contributed by atoms with Crippen LogP contribution in [0.2, 0.25) is 0 Å². The van der Waals surface area contributed by atoms with Crippen LogP contribution < -0.4 is 4.74 Å². The topological polar surface area (TPSA) is 48.2 Å². The quantitative estimate of drug-likeness (QED) is 0.791. The first-order valence-corrected chi connectivity index (χ1v) is 5.31. The molecule has 2 aromatic rings. The zero-order chi connectivity index (χ0) is 11.4. The molecule has 16 heavy (non-hydrogen) atoms. The second kappa shape index (κ2) is 4.79. The van der Waals surface area contributed by atoms with Crippen molar-refractivity contribution in [1.29, 1.82) is 0 Å². The molecule has 0 aliphatic carbocycles. The van der Waals surface area contributed by atoms with E-state index in [0.717, 1.165) is 24.2 Å². The van der Waals surface area contributed by atoms with Gasteiger partial charge in [0, 0.05) is 6.42 Å². The van der Waals surface area contributed by atoms with Crippen LogP contribution in [0.4, 0.5) is 0 Å². The minimum atomic E-state index is 0.515. The summed E-state index contributed by atoms with van der Waals surface area (Å²) in [6, 6.07) is 7.61. The van der Waals surface area contributed by atoms with E-state index in [1.54, 1.807) is 7.11 Å². The van der Waals surface area contributed by atoms with Crippen LogP contribution in [0.15, 0.2) is 28.7 Å². The summed E-state index contributed by atoms with van der Waals surface area (Å²) >= 11 is 0. The van der Waals surface area contributed by atoms with Crippen molar-refractivity contribution in [3.8, 4) is 17.2 Å². The van der Waals surface area contributed by atoms with E-state index in [9.17, 15) is 0 Å². The summed E-state index contributed by atoms with van der Waals surface area (Å²) in [6.45, 7) is 2.08. The minimum Gasteiger partial charge on any atom is -0.496 e. The lowest BCUT2D eigenvalue weighted by molar-refractivity contribution is 0.413. The molecule has 2 rings (SSSR count). The molecule has 0 saturated heterocycles. The van der Waals surface area contributed by atoms with E-state index < -0.39 is 0 Å². The van der Waals surface area contributed by atoms with Gasteiger partial charge in [-0.15, -0.1) is 10.2 Å². The molecule has 0 atom stereocenters. The van der Waals surface area contributed by atoms with Crippen LogP contribution in [0.3, 0.4) is 0 Å². The van der Waals surface area contributed by atoms with Gasteiger partial charge >= 0.3 is 0 Å². The lowest BCUT2D eigenvalue weighted by atomic mass is 10.2. The molecule has 0 fully saturated rings. The van der Waals surface area contributed by atoms with E-state index in [1.165, 1.54) is 0 Å². The van der Waals surface area contributed by atoms with Crippen molar-refractivity contribution in [2.75, 3.05) is 7.11 Å². The van der Waals surface area contributed by atoms with E-state index in [2.05, 4.69) is 17.1 Å². The molecule has 0 bridgehead atoms. The highest BCUT2D eigenvalue weighted by atomic mass is 16.5. The average Bonchev–Trinajstić information content (AvgIpc) is 2.78. The second-order valence-corrected chi connectivity index (χ2v) is 3.45. The third-order valence-corrected chi connectivity index (χ3v) is 2.27. The largest absolute Gasteiger partial charge is 0.496 e. The molecule has 0 aliphatic heterocycles. The molecule has 4 heteroatoms. The summed E-state index contributed by atoms with van der Waals surface area (Å²) in [5, 5.41) is 8.00. The highest BCUT2D eigenvalue weighted by molar-refractivity contribution is 5.62. The fourth-order valence-electron chi connectivity index (χ4n) is 1.50. The Morgan fingerprint density at radius 3 is 2.81 bits per heavy atom. The van der Waals surface area contributed by atoms with Crippen LogP contribution in [0.25, 0.3) is 11.5 Å². The maximum Gasteiger partial charge on any atom is 0.251 e. The van der Waals surface area contributed by atoms with Gasteiger partial charge in [0.2, 0.25) is 5.89 Å². The Kier molecular flexibility index (Phi) is 3.19. The number of nitrogens with zero attached hydrogens (tertiary/aromatic N) is 2. The Hall–Kier alpha value is -1.84. The molecule has 0 radical (unpaired) electrons. The number of ether oxygens (including phenoxy) is 1. The van der Waals surface area contributed by atoms with Gasteiger partial charge in [-0.3, -0.25) is 0 Å². The number of methoxy groups -OCH3 is 1. The monoisotopic (exact) mass is 218 g/mol. The summed E-state index contributed by atoms with van der Waals surface area (Å²) < 4.78 is 10.8. The first kappa shape index (κ1) is 10.7. The van der Waals surface area contributed by atoms with Crippen molar-refractivity contribution in [2.24, 2.45) is 0 Å². The highest BCUT2D eigenvalue weighted by Gasteiger charge is 2.11. The van der Waals surface area contributed by atoms with Crippen LogP contribution in [-0.2, 0) is 6.42 Å². The maximum atomic E-state index is 5.55. The van der Waals surface area contributed by atoms with Crippen LogP contribution in [0.5, 0.6) is 5.75 Å². The van der Waals surface area contributed by atoms with Crippen molar-refractivity contribution >= 4 is 0 Å². The van der Waals surface area contributed by atoms with Gasteiger partial charge < -0.3 is 9.15 Å². The summed E-state index contributed by atoms with van der Waals surface area (Å²) in [6.07, 6.45) is 1.80. The maximum absolute atomic E-state index is 5.55. The smallest absolute Gasteiger partial charge is 0.251 e. The summed E-state index contributed by atoms with van der Waals surface area (Å²) in [5.41, 5.74) is 0.833. The normalized spacial score (nSPS) is 10.4. The van der Waals surface area contributed by atoms with Gasteiger partial charge in [0.05, 0.1) is 12.7 Å². The average molecular weight is 218 g/mol. The molecule has 1 aromatic heterocycles. The van der Waals surface area contributed by atoms with Gasteiger partial charge in [-0.25, -0.2) is 0 Å². The number of aryl methyl sites for hydroxylation is 1. The van der Waals surface area contributed by atoms with Gasteiger partial charge in [-0.05, 0) is 18.6 Å². The summed E-state index contributed by atoms with van der Waals surface area (Å²) in [4.78, 5) is 0. The van der Waals surface area contributed by atoms with Crippen LogP contribution >= 0.6 is 0 Å². The molecular formula is C12H14N2O2. The van der Waals surface area contributed by atoms with Crippen LogP contribution in [0, 0.1) is 0 Å². The molecular weight excluding hydrogens is 204 g/mol. The number of benzene rings is 1. The predicted molar refractivity (Wildman–Crippen MR) is 60.3 cm³/mol. The van der Waals surface area contributed by atoms with Crippen molar-refractivity contribution in [3.63, 3.8) is 0 Å². The fourth-order valence-corrected chi connectivity index (χ4v) is 1.50. The van der Waals surface area contributed by atoms with Crippen molar-refractivity contribution in [1.82, 2.24) is 10.2 Å². The molecule has 0 spiro atoms. The fraction of sp³-hybridized carbons (Fsp3) is 0.333.